The summed E-state index contributed by atoms with van der Waals surface area (Å²) in [7, 11) is 0. The Labute approximate surface area is 84.5 Å². The molecule has 2 nitrogen and oxygen atoms in total. The summed E-state index contributed by atoms with van der Waals surface area (Å²) in [6.07, 6.45) is 0. The van der Waals surface area contributed by atoms with Crippen LogP contribution in [0.2, 0.25) is 0 Å². The zero-order valence-electron chi connectivity index (χ0n) is 8.87. The lowest BCUT2D eigenvalue weighted by Gasteiger charge is -2.31. The van der Waals surface area contributed by atoms with Crippen LogP contribution in [0.15, 0.2) is 24.3 Å². The molecule has 0 unspecified atom stereocenters. The normalized spacial score (nSPS) is 18.1. The molecular weight excluding hydrogens is 174 g/mol. The number of carbonyl (C=O) groups is 1. The molecule has 0 radical (unpaired) electrons. The van der Waals surface area contributed by atoms with Gasteiger partial charge in [0.15, 0.2) is 0 Å². The van der Waals surface area contributed by atoms with Gasteiger partial charge >= 0.3 is 0 Å². The number of amides is 1. The number of hydrogen-bond donors (Lipinski definition) is 0. The molecule has 1 aliphatic heterocycles. The molecule has 0 saturated carbocycles. The lowest BCUT2D eigenvalue weighted by molar-refractivity contribution is -0.134. The molecule has 0 atom stereocenters. The molecule has 1 amide bonds. The maximum atomic E-state index is 11.5. The zero-order chi connectivity index (χ0) is 10.3. The predicted molar refractivity (Wildman–Crippen MR) is 55.7 cm³/mol. The van der Waals surface area contributed by atoms with Crippen molar-refractivity contribution in [2.75, 3.05) is 0 Å². The molecule has 2 heteroatoms. The fourth-order valence-electron chi connectivity index (χ4n) is 2.27. The molecule has 74 valence electrons. The van der Waals surface area contributed by atoms with Crippen LogP contribution in [0.4, 0.5) is 0 Å². The summed E-state index contributed by atoms with van der Waals surface area (Å²) >= 11 is 0. The Hall–Kier alpha value is -1.31. The van der Waals surface area contributed by atoms with E-state index in [9.17, 15) is 4.79 Å². The Morgan fingerprint density at radius 2 is 2.00 bits per heavy atom. The summed E-state index contributed by atoms with van der Waals surface area (Å²) in [5.41, 5.74) is 2.39. The number of hydrogen-bond acceptors (Lipinski definition) is 1. The Morgan fingerprint density at radius 3 is 2.57 bits per heavy atom. The van der Waals surface area contributed by atoms with Crippen LogP contribution < -0.4 is 0 Å². The highest BCUT2D eigenvalue weighted by Gasteiger charge is 2.38. The zero-order valence-corrected chi connectivity index (χ0v) is 8.87. The third-order valence-electron chi connectivity index (χ3n) is 3.06. The molecule has 14 heavy (non-hydrogen) atoms. The van der Waals surface area contributed by atoms with Crippen molar-refractivity contribution in [3.05, 3.63) is 35.4 Å². The maximum absolute atomic E-state index is 11.5. The number of rotatable bonds is 0. The van der Waals surface area contributed by atoms with Crippen LogP contribution in [0.3, 0.4) is 0 Å². The second-order valence-electron chi connectivity index (χ2n) is 4.32. The lowest BCUT2D eigenvalue weighted by atomic mass is 9.94. The van der Waals surface area contributed by atoms with Crippen molar-refractivity contribution < 1.29 is 4.79 Å². The van der Waals surface area contributed by atoms with Crippen LogP contribution in [0.5, 0.6) is 0 Å². The minimum atomic E-state index is -0.150. The molecular formula is C12H15NO. The van der Waals surface area contributed by atoms with E-state index in [-0.39, 0.29) is 11.4 Å². The topological polar surface area (TPSA) is 20.3 Å². The second kappa shape index (κ2) is 2.84. The summed E-state index contributed by atoms with van der Waals surface area (Å²) in [6, 6.07) is 8.26. The smallest absolute Gasteiger partial charge is 0.220 e. The molecule has 0 N–H and O–H groups in total. The lowest BCUT2D eigenvalue weighted by Crippen LogP contribution is -2.38. The highest BCUT2D eigenvalue weighted by molar-refractivity contribution is 5.75. The predicted octanol–water partition coefficient (Wildman–Crippen LogP) is 2.28. The Bertz CT molecular complexity index is 382. The first-order valence-corrected chi connectivity index (χ1v) is 4.90. The highest BCUT2D eigenvalue weighted by Crippen LogP contribution is 2.38. The maximum Gasteiger partial charge on any atom is 0.220 e. The SMILES string of the molecule is CC(=O)N1Cc2ccccc2C1(C)C. The van der Waals surface area contributed by atoms with E-state index in [1.165, 1.54) is 11.1 Å². The van der Waals surface area contributed by atoms with E-state index in [0.29, 0.717) is 0 Å². The average Bonchev–Trinajstić information content (AvgIpc) is 2.39. The second-order valence-corrected chi connectivity index (χ2v) is 4.32. The van der Waals surface area contributed by atoms with Gasteiger partial charge in [-0.1, -0.05) is 24.3 Å². The van der Waals surface area contributed by atoms with Crippen molar-refractivity contribution in [1.82, 2.24) is 4.90 Å². The Balaban J connectivity index is 2.50. The molecule has 0 aromatic heterocycles. The fourth-order valence-corrected chi connectivity index (χ4v) is 2.27. The van der Waals surface area contributed by atoms with Gasteiger partial charge in [-0.25, -0.2) is 0 Å². The van der Waals surface area contributed by atoms with Crippen molar-refractivity contribution >= 4 is 5.91 Å². The molecule has 1 aromatic carbocycles. The number of fused-ring (bicyclic) bond motifs is 1. The fraction of sp³-hybridized carbons (Fsp3) is 0.417. The van der Waals surface area contributed by atoms with Gasteiger partial charge in [0.1, 0.15) is 0 Å². The molecule has 0 saturated heterocycles. The van der Waals surface area contributed by atoms with E-state index >= 15 is 0 Å². The highest BCUT2D eigenvalue weighted by atomic mass is 16.2. The van der Waals surface area contributed by atoms with E-state index < -0.39 is 0 Å². The standard InChI is InChI=1S/C12H15NO/c1-9(14)13-8-10-6-4-5-7-11(10)12(13,2)3/h4-7H,8H2,1-3H3. The van der Waals surface area contributed by atoms with Crippen LogP contribution in [-0.4, -0.2) is 10.8 Å². The quantitative estimate of drug-likeness (QED) is 0.613. The van der Waals surface area contributed by atoms with Gasteiger partial charge in [-0.15, -0.1) is 0 Å². The van der Waals surface area contributed by atoms with Gasteiger partial charge in [0, 0.05) is 13.5 Å². The summed E-state index contributed by atoms with van der Waals surface area (Å²) in [5.74, 6) is 0.145. The molecule has 1 aliphatic rings. The van der Waals surface area contributed by atoms with Gasteiger partial charge in [0.2, 0.25) is 5.91 Å². The van der Waals surface area contributed by atoms with Crippen LogP contribution >= 0.6 is 0 Å². The van der Waals surface area contributed by atoms with Crippen LogP contribution in [-0.2, 0) is 16.9 Å². The number of benzene rings is 1. The minimum Gasteiger partial charge on any atom is -0.329 e. The monoisotopic (exact) mass is 189 g/mol. The van der Waals surface area contributed by atoms with E-state index in [4.69, 9.17) is 0 Å². The minimum absolute atomic E-state index is 0.145. The van der Waals surface area contributed by atoms with Gasteiger partial charge in [0.25, 0.3) is 0 Å². The average molecular weight is 189 g/mol. The van der Waals surface area contributed by atoms with E-state index in [1.54, 1.807) is 6.92 Å². The van der Waals surface area contributed by atoms with Crippen molar-refractivity contribution in [3.63, 3.8) is 0 Å². The molecule has 1 heterocycles. The summed E-state index contributed by atoms with van der Waals surface area (Å²) in [5, 5.41) is 0. The van der Waals surface area contributed by atoms with Crippen LogP contribution in [0, 0.1) is 0 Å². The molecule has 0 spiro atoms. The van der Waals surface area contributed by atoms with Crippen molar-refractivity contribution in [2.45, 2.75) is 32.9 Å². The van der Waals surface area contributed by atoms with Crippen LogP contribution in [0.25, 0.3) is 0 Å². The Morgan fingerprint density at radius 1 is 1.36 bits per heavy atom. The third-order valence-corrected chi connectivity index (χ3v) is 3.06. The van der Waals surface area contributed by atoms with Crippen LogP contribution in [0.1, 0.15) is 31.9 Å². The molecule has 0 fully saturated rings. The van der Waals surface area contributed by atoms with Gasteiger partial charge in [0.05, 0.1) is 5.54 Å². The van der Waals surface area contributed by atoms with Crippen molar-refractivity contribution in [1.29, 1.82) is 0 Å². The van der Waals surface area contributed by atoms with Crippen molar-refractivity contribution in [2.24, 2.45) is 0 Å². The third kappa shape index (κ3) is 1.14. The van der Waals surface area contributed by atoms with Gasteiger partial charge < -0.3 is 4.90 Å². The first-order chi connectivity index (χ1) is 6.53. The summed E-state index contributed by atoms with van der Waals surface area (Å²) < 4.78 is 0. The number of carbonyl (C=O) groups excluding carboxylic acids is 1. The molecule has 1 aromatic rings. The van der Waals surface area contributed by atoms with Gasteiger partial charge in [-0.2, -0.15) is 0 Å². The molecule has 2 rings (SSSR count). The van der Waals surface area contributed by atoms with E-state index in [2.05, 4.69) is 26.0 Å². The van der Waals surface area contributed by atoms with Gasteiger partial charge in [-0.05, 0) is 25.0 Å². The Kier molecular flexibility index (Phi) is 1.88. The summed E-state index contributed by atoms with van der Waals surface area (Å²) in [4.78, 5) is 13.4. The molecule has 0 bridgehead atoms. The molecule has 0 aliphatic carbocycles. The first kappa shape index (κ1) is 9.25. The van der Waals surface area contributed by atoms with E-state index in [0.717, 1.165) is 6.54 Å². The summed E-state index contributed by atoms with van der Waals surface area (Å²) in [6.45, 7) is 6.58. The largest absolute Gasteiger partial charge is 0.329 e. The van der Waals surface area contributed by atoms with Gasteiger partial charge in [-0.3, -0.25) is 4.79 Å². The first-order valence-electron chi connectivity index (χ1n) is 4.90. The van der Waals surface area contributed by atoms with E-state index in [1.807, 2.05) is 17.0 Å². The van der Waals surface area contributed by atoms with Crippen molar-refractivity contribution in [3.8, 4) is 0 Å². The number of nitrogens with zero attached hydrogens (tertiary/aromatic N) is 1.